The fourth-order valence-corrected chi connectivity index (χ4v) is 4.10. The van der Waals surface area contributed by atoms with Crippen LogP contribution in [0.1, 0.15) is 37.1 Å². The normalized spacial score (nSPS) is 12.7. The number of nitrogens with two attached hydrogens (primary N) is 1. The van der Waals surface area contributed by atoms with E-state index in [1.807, 2.05) is 12.3 Å². The summed E-state index contributed by atoms with van der Waals surface area (Å²) in [7, 11) is 1.50. The number of ether oxygens (including phenoxy) is 1. The molecule has 1 aliphatic heterocycles. The molecule has 2 aromatic heterocycles. The smallest absolute Gasteiger partial charge is 0.341 e. The Morgan fingerprint density at radius 3 is 2.59 bits per heavy atom. The number of rotatable bonds is 7. The van der Waals surface area contributed by atoms with Gasteiger partial charge in [-0.25, -0.2) is 18.6 Å². The lowest BCUT2D eigenvalue weighted by molar-refractivity contribution is 0.0613. The third-order valence-electron chi connectivity index (χ3n) is 5.33. The van der Waals surface area contributed by atoms with Crippen molar-refractivity contribution in [2.75, 3.05) is 31.9 Å². The molecule has 3 aromatic rings. The summed E-state index contributed by atoms with van der Waals surface area (Å²) in [5, 5.41) is 23.8. The number of carbonyl (C=O) groups is 2. The fraction of sp³-hybridized carbons (Fsp3) is 0.304. The number of carboxylic acid groups (broad SMARTS) is 1. The lowest BCUT2D eigenvalue weighted by Gasteiger charge is -2.39. The highest BCUT2D eigenvalue weighted by Gasteiger charge is 2.34. The van der Waals surface area contributed by atoms with Crippen molar-refractivity contribution in [3.63, 3.8) is 0 Å². The standard InChI is InChI=1S/C16H18N4O6S.C7H7F2N/c1-9-17-10(7-27-9)5-19-8-18(3-4-26-2)15(23)12-14(22)13(21)11(16(24)25)6-20(12)19;8-6-2-1-5(4-10)7(9)3-6/h6-7,22H,3-5,8H2,1-2H3,(H,24,25);1-3H,4,10H2. The fourth-order valence-electron chi connectivity index (χ4n) is 3.50. The number of thiazole rings is 1. The molecule has 1 amide bonds. The zero-order valence-corrected chi connectivity index (χ0v) is 20.8. The van der Waals surface area contributed by atoms with Crippen molar-refractivity contribution < 1.29 is 33.3 Å². The number of hydrogen-bond donors (Lipinski definition) is 3. The van der Waals surface area contributed by atoms with Gasteiger partial charge in [0.1, 0.15) is 23.9 Å². The molecule has 0 spiro atoms. The highest BCUT2D eigenvalue weighted by Crippen LogP contribution is 2.23. The lowest BCUT2D eigenvalue weighted by atomic mass is 10.2. The molecule has 14 heteroatoms. The average molecular weight is 538 g/mol. The van der Waals surface area contributed by atoms with E-state index >= 15 is 0 Å². The van der Waals surface area contributed by atoms with Crippen LogP contribution in [0.25, 0.3) is 0 Å². The van der Waals surface area contributed by atoms with Crippen LogP contribution in [-0.2, 0) is 17.8 Å². The molecule has 1 aliphatic rings. The van der Waals surface area contributed by atoms with Gasteiger partial charge in [0.05, 0.1) is 23.9 Å². The molecule has 198 valence electrons. The highest BCUT2D eigenvalue weighted by atomic mass is 32.1. The highest BCUT2D eigenvalue weighted by molar-refractivity contribution is 7.09. The number of aromatic hydroxyl groups is 1. The van der Waals surface area contributed by atoms with E-state index in [2.05, 4.69) is 4.98 Å². The summed E-state index contributed by atoms with van der Waals surface area (Å²) < 4.78 is 31.0. The van der Waals surface area contributed by atoms with Crippen LogP contribution in [0.5, 0.6) is 5.75 Å². The van der Waals surface area contributed by atoms with E-state index in [-0.39, 0.29) is 38.6 Å². The summed E-state index contributed by atoms with van der Waals surface area (Å²) in [5.74, 6) is -4.10. The molecule has 0 saturated carbocycles. The molecule has 0 fully saturated rings. The largest absolute Gasteiger partial charge is 0.502 e. The molecular weight excluding hydrogens is 512 g/mol. The van der Waals surface area contributed by atoms with Crippen LogP contribution in [0.2, 0.25) is 0 Å². The van der Waals surface area contributed by atoms with Crippen LogP contribution in [0.4, 0.5) is 8.78 Å². The van der Waals surface area contributed by atoms with Gasteiger partial charge in [-0.05, 0) is 13.0 Å². The first-order chi connectivity index (χ1) is 17.6. The number of pyridine rings is 1. The van der Waals surface area contributed by atoms with Crippen LogP contribution < -0.4 is 16.2 Å². The monoisotopic (exact) mass is 537 g/mol. The van der Waals surface area contributed by atoms with Crippen LogP contribution in [0.3, 0.4) is 0 Å². The molecule has 11 nitrogen and oxygen atoms in total. The molecule has 3 heterocycles. The molecular formula is C23H25F2N5O6S. The maximum Gasteiger partial charge on any atom is 0.341 e. The number of carbonyl (C=O) groups excluding carboxylic acids is 1. The van der Waals surface area contributed by atoms with E-state index in [9.17, 15) is 33.4 Å². The summed E-state index contributed by atoms with van der Waals surface area (Å²) >= 11 is 1.46. The Morgan fingerprint density at radius 1 is 1.30 bits per heavy atom. The Morgan fingerprint density at radius 2 is 2.03 bits per heavy atom. The molecule has 1 aromatic carbocycles. The number of carboxylic acids is 1. The summed E-state index contributed by atoms with van der Waals surface area (Å²) in [6, 6.07) is 3.35. The molecule has 37 heavy (non-hydrogen) atoms. The van der Waals surface area contributed by atoms with Crippen LogP contribution in [0.15, 0.2) is 34.6 Å². The van der Waals surface area contributed by atoms with Crippen molar-refractivity contribution in [1.29, 1.82) is 0 Å². The number of aromatic nitrogens is 2. The van der Waals surface area contributed by atoms with Crippen molar-refractivity contribution in [2.45, 2.75) is 20.0 Å². The van der Waals surface area contributed by atoms with Crippen molar-refractivity contribution in [1.82, 2.24) is 14.6 Å². The predicted molar refractivity (Wildman–Crippen MR) is 130 cm³/mol. The Kier molecular flexibility index (Phi) is 8.91. The number of nitrogens with zero attached hydrogens (tertiary/aromatic N) is 4. The molecule has 0 radical (unpaired) electrons. The van der Waals surface area contributed by atoms with Gasteiger partial charge in [0.25, 0.3) is 5.91 Å². The third-order valence-corrected chi connectivity index (χ3v) is 6.16. The van der Waals surface area contributed by atoms with Crippen molar-refractivity contribution >= 4 is 23.2 Å². The minimum atomic E-state index is -1.48. The van der Waals surface area contributed by atoms with Gasteiger partial charge in [-0.15, -0.1) is 11.3 Å². The number of hydrogen-bond acceptors (Lipinski definition) is 9. The number of aromatic carboxylic acids is 1. The van der Waals surface area contributed by atoms with Crippen LogP contribution in [0, 0.1) is 18.6 Å². The first-order valence-electron chi connectivity index (χ1n) is 10.9. The van der Waals surface area contributed by atoms with Gasteiger partial charge < -0.3 is 25.6 Å². The van der Waals surface area contributed by atoms with Gasteiger partial charge >= 0.3 is 5.97 Å². The summed E-state index contributed by atoms with van der Waals surface area (Å²) in [6.07, 6.45) is 1.06. The zero-order chi connectivity index (χ0) is 27.3. The first kappa shape index (κ1) is 27.7. The Bertz CT molecular complexity index is 1360. The maximum atomic E-state index is 12.7. The Labute approximate surface area is 213 Å². The van der Waals surface area contributed by atoms with E-state index in [0.717, 1.165) is 23.0 Å². The van der Waals surface area contributed by atoms with E-state index in [0.29, 0.717) is 5.56 Å². The molecule has 4 rings (SSSR count). The summed E-state index contributed by atoms with van der Waals surface area (Å²) in [4.78, 5) is 42.0. The second-order valence-electron chi connectivity index (χ2n) is 7.88. The van der Waals surface area contributed by atoms with E-state index in [1.165, 1.54) is 40.2 Å². The van der Waals surface area contributed by atoms with Crippen LogP contribution >= 0.6 is 11.3 Å². The van der Waals surface area contributed by atoms with Crippen molar-refractivity contribution in [2.24, 2.45) is 5.73 Å². The maximum absolute atomic E-state index is 12.7. The van der Waals surface area contributed by atoms with Gasteiger partial charge in [-0.1, -0.05) is 6.07 Å². The van der Waals surface area contributed by atoms with Gasteiger partial charge in [0.15, 0.2) is 11.4 Å². The zero-order valence-electron chi connectivity index (χ0n) is 20.0. The van der Waals surface area contributed by atoms with Gasteiger partial charge in [-0.2, -0.15) is 0 Å². The van der Waals surface area contributed by atoms with E-state index in [1.54, 1.807) is 5.01 Å². The van der Waals surface area contributed by atoms with Gasteiger partial charge in [0, 0.05) is 43.4 Å². The van der Waals surface area contributed by atoms with Crippen LogP contribution in [-0.4, -0.2) is 63.6 Å². The second kappa shape index (κ2) is 11.9. The number of aryl methyl sites for hydroxylation is 1. The average Bonchev–Trinajstić information content (AvgIpc) is 3.26. The minimum absolute atomic E-state index is 0.103. The van der Waals surface area contributed by atoms with Crippen molar-refractivity contribution in [3.05, 3.63) is 79.2 Å². The molecule has 0 aliphatic carbocycles. The molecule has 0 atom stereocenters. The predicted octanol–water partition coefficient (Wildman–Crippen LogP) is 1.64. The van der Waals surface area contributed by atoms with E-state index < -0.39 is 40.3 Å². The molecule has 4 N–H and O–H groups in total. The summed E-state index contributed by atoms with van der Waals surface area (Å²) in [5.41, 5.74) is 4.20. The number of fused-ring (bicyclic) bond motifs is 1. The van der Waals surface area contributed by atoms with Gasteiger partial charge in [0.2, 0.25) is 5.43 Å². The van der Waals surface area contributed by atoms with Crippen molar-refractivity contribution in [3.8, 4) is 5.75 Å². The SMILES string of the molecule is COCCN1CN(Cc2csc(C)n2)n2cc(C(=O)O)c(=O)c(O)c2C1=O.NCc1ccc(F)cc1F. The topological polar surface area (TPSA) is 151 Å². The molecule has 0 saturated heterocycles. The second-order valence-corrected chi connectivity index (χ2v) is 8.95. The van der Waals surface area contributed by atoms with E-state index in [4.69, 9.17) is 10.5 Å². The minimum Gasteiger partial charge on any atom is -0.502 e. The molecule has 0 unspecified atom stereocenters. The Hall–Kier alpha value is -3.88. The van der Waals surface area contributed by atoms with Gasteiger partial charge in [-0.3, -0.25) is 19.3 Å². The number of halogens is 2. The summed E-state index contributed by atoms with van der Waals surface area (Å²) in [6.45, 7) is 2.86. The third kappa shape index (κ3) is 6.28. The lowest BCUT2D eigenvalue weighted by Crippen LogP contribution is -2.54. The number of amides is 1. The first-order valence-corrected chi connectivity index (χ1v) is 11.8. The Balaban J connectivity index is 0.000000319. The number of methoxy groups -OCH3 is 1. The number of benzene rings is 1. The molecule has 0 bridgehead atoms. The quantitative estimate of drug-likeness (QED) is 0.409.